The average molecular weight is 245 g/mol. The highest BCUT2D eigenvalue weighted by molar-refractivity contribution is 7.09. The fourth-order valence-corrected chi connectivity index (χ4v) is 2.66. The van der Waals surface area contributed by atoms with Gasteiger partial charge in [0.25, 0.3) is 0 Å². The Morgan fingerprint density at radius 2 is 2.06 bits per heavy atom. The maximum atomic E-state index is 4.38. The molecule has 0 saturated heterocycles. The molecule has 0 radical (unpaired) electrons. The van der Waals surface area contributed by atoms with Crippen LogP contribution in [-0.4, -0.2) is 9.36 Å². The molecule has 1 unspecified atom stereocenters. The number of nitrogens with one attached hydrogen (secondary N) is 1. The molecule has 1 aliphatic carbocycles. The highest BCUT2D eigenvalue weighted by Crippen LogP contribution is 2.42. The minimum atomic E-state index is 0.392. The van der Waals surface area contributed by atoms with E-state index in [1.54, 1.807) is 0 Å². The van der Waals surface area contributed by atoms with Gasteiger partial charge in [-0.1, -0.05) is 30.3 Å². The van der Waals surface area contributed by atoms with Crippen LogP contribution in [0.4, 0.5) is 5.13 Å². The standard InChI is InChI=1S/C13H15N3S/c1-9-14-13(17-16-9)15-12(11-7-8-11)10-5-3-2-4-6-10/h2-6,11-12H,7-8H2,1H3,(H,14,15,16). The van der Waals surface area contributed by atoms with Crippen LogP contribution in [0.25, 0.3) is 0 Å². The van der Waals surface area contributed by atoms with E-state index in [-0.39, 0.29) is 0 Å². The zero-order valence-electron chi connectivity index (χ0n) is 9.76. The van der Waals surface area contributed by atoms with Gasteiger partial charge in [0.05, 0.1) is 6.04 Å². The van der Waals surface area contributed by atoms with E-state index < -0.39 is 0 Å². The number of hydrogen-bond donors (Lipinski definition) is 1. The van der Waals surface area contributed by atoms with Gasteiger partial charge in [-0.15, -0.1) is 0 Å². The zero-order valence-corrected chi connectivity index (χ0v) is 10.6. The summed E-state index contributed by atoms with van der Waals surface area (Å²) in [5.41, 5.74) is 1.35. The van der Waals surface area contributed by atoms with Gasteiger partial charge in [-0.3, -0.25) is 0 Å². The van der Waals surface area contributed by atoms with Gasteiger partial charge in [0.15, 0.2) is 0 Å². The minimum Gasteiger partial charge on any atom is -0.353 e. The van der Waals surface area contributed by atoms with E-state index >= 15 is 0 Å². The summed E-state index contributed by atoms with van der Waals surface area (Å²) < 4.78 is 4.21. The van der Waals surface area contributed by atoms with Crippen molar-refractivity contribution in [3.05, 3.63) is 41.7 Å². The molecule has 2 aromatic rings. The molecule has 1 heterocycles. The molecule has 17 heavy (non-hydrogen) atoms. The first kappa shape index (κ1) is 10.7. The van der Waals surface area contributed by atoms with Crippen molar-refractivity contribution in [3.63, 3.8) is 0 Å². The Bertz CT molecular complexity index is 490. The Kier molecular flexibility index (Phi) is 2.81. The number of benzene rings is 1. The molecular weight excluding hydrogens is 230 g/mol. The van der Waals surface area contributed by atoms with Crippen LogP contribution < -0.4 is 5.32 Å². The molecule has 1 saturated carbocycles. The maximum Gasteiger partial charge on any atom is 0.203 e. The molecule has 0 aliphatic heterocycles. The summed E-state index contributed by atoms with van der Waals surface area (Å²) in [4.78, 5) is 4.38. The lowest BCUT2D eigenvalue weighted by Gasteiger charge is -2.17. The van der Waals surface area contributed by atoms with Crippen LogP contribution in [0.2, 0.25) is 0 Å². The second-order valence-corrected chi connectivity index (χ2v) is 5.27. The van der Waals surface area contributed by atoms with Crippen LogP contribution in [0.5, 0.6) is 0 Å². The smallest absolute Gasteiger partial charge is 0.203 e. The normalized spacial score (nSPS) is 16.8. The fourth-order valence-electron chi connectivity index (χ4n) is 2.05. The van der Waals surface area contributed by atoms with Crippen molar-refractivity contribution in [1.82, 2.24) is 9.36 Å². The Labute approximate surface area is 105 Å². The number of nitrogens with zero attached hydrogens (tertiary/aromatic N) is 2. The van der Waals surface area contributed by atoms with E-state index in [4.69, 9.17) is 0 Å². The molecule has 4 heteroatoms. The molecule has 1 fully saturated rings. The molecule has 0 amide bonds. The highest BCUT2D eigenvalue weighted by atomic mass is 32.1. The van der Waals surface area contributed by atoms with Crippen LogP contribution in [0, 0.1) is 12.8 Å². The lowest BCUT2D eigenvalue weighted by Crippen LogP contribution is -2.12. The largest absolute Gasteiger partial charge is 0.353 e. The molecule has 88 valence electrons. The van der Waals surface area contributed by atoms with Gasteiger partial charge in [-0.05, 0) is 31.2 Å². The second-order valence-electron chi connectivity index (χ2n) is 4.52. The van der Waals surface area contributed by atoms with E-state index in [0.717, 1.165) is 16.9 Å². The molecule has 3 nitrogen and oxygen atoms in total. The highest BCUT2D eigenvalue weighted by Gasteiger charge is 2.32. The third kappa shape index (κ3) is 2.47. The number of hydrogen-bond acceptors (Lipinski definition) is 4. The van der Waals surface area contributed by atoms with Crippen molar-refractivity contribution in [3.8, 4) is 0 Å². The van der Waals surface area contributed by atoms with Crippen LogP contribution in [0.15, 0.2) is 30.3 Å². The summed E-state index contributed by atoms with van der Waals surface area (Å²) in [5, 5.41) is 4.46. The van der Waals surface area contributed by atoms with Gasteiger partial charge < -0.3 is 5.32 Å². The predicted molar refractivity (Wildman–Crippen MR) is 70.2 cm³/mol. The number of aromatic nitrogens is 2. The van der Waals surface area contributed by atoms with E-state index in [1.165, 1.54) is 29.9 Å². The van der Waals surface area contributed by atoms with Gasteiger partial charge >= 0.3 is 0 Å². The van der Waals surface area contributed by atoms with Crippen LogP contribution >= 0.6 is 11.5 Å². The lowest BCUT2D eigenvalue weighted by atomic mass is 10.0. The van der Waals surface area contributed by atoms with Crippen LogP contribution in [-0.2, 0) is 0 Å². The Morgan fingerprint density at radius 1 is 1.29 bits per heavy atom. The molecule has 1 aliphatic rings. The van der Waals surface area contributed by atoms with E-state index in [9.17, 15) is 0 Å². The number of anilines is 1. The summed E-state index contributed by atoms with van der Waals surface area (Å²) in [5.74, 6) is 1.60. The topological polar surface area (TPSA) is 37.8 Å². The SMILES string of the molecule is Cc1nsc(NC(c2ccccc2)C2CC2)n1. The Hall–Kier alpha value is -1.42. The minimum absolute atomic E-state index is 0.392. The zero-order chi connectivity index (χ0) is 11.7. The first-order valence-corrected chi connectivity index (χ1v) is 6.72. The van der Waals surface area contributed by atoms with Gasteiger partial charge in [-0.2, -0.15) is 4.37 Å². The first-order chi connectivity index (χ1) is 8.33. The van der Waals surface area contributed by atoms with E-state index in [0.29, 0.717) is 6.04 Å². The third-order valence-electron chi connectivity index (χ3n) is 3.06. The second kappa shape index (κ2) is 4.45. The average Bonchev–Trinajstić information content (AvgIpc) is 3.11. The van der Waals surface area contributed by atoms with Gasteiger partial charge in [-0.25, -0.2) is 4.98 Å². The molecule has 0 bridgehead atoms. The molecule has 1 atom stereocenters. The summed E-state index contributed by atoms with van der Waals surface area (Å²) in [6.45, 7) is 1.93. The van der Waals surface area contributed by atoms with E-state index in [1.807, 2.05) is 6.92 Å². The van der Waals surface area contributed by atoms with Crippen molar-refractivity contribution in [2.24, 2.45) is 5.92 Å². The van der Waals surface area contributed by atoms with Gasteiger partial charge in [0.2, 0.25) is 5.13 Å². The Morgan fingerprint density at radius 3 is 2.65 bits per heavy atom. The molecule has 3 rings (SSSR count). The molecule has 1 N–H and O–H groups in total. The summed E-state index contributed by atoms with van der Waals surface area (Å²) >= 11 is 1.45. The van der Waals surface area contributed by atoms with Gasteiger partial charge in [0, 0.05) is 11.5 Å². The summed E-state index contributed by atoms with van der Waals surface area (Å²) in [6, 6.07) is 11.0. The number of rotatable bonds is 4. The van der Waals surface area contributed by atoms with Crippen molar-refractivity contribution < 1.29 is 0 Å². The molecule has 0 spiro atoms. The van der Waals surface area contributed by atoms with Crippen molar-refractivity contribution in [2.75, 3.05) is 5.32 Å². The van der Waals surface area contributed by atoms with Gasteiger partial charge in [0.1, 0.15) is 5.82 Å². The Balaban J connectivity index is 1.81. The van der Waals surface area contributed by atoms with Crippen LogP contribution in [0.3, 0.4) is 0 Å². The number of aryl methyl sites for hydroxylation is 1. The maximum absolute atomic E-state index is 4.38. The first-order valence-electron chi connectivity index (χ1n) is 5.95. The lowest BCUT2D eigenvalue weighted by molar-refractivity contribution is 0.678. The quantitative estimate of drug-likeness (QED) is 0.897. The summed E-state index contributed by atoms with van der Waals surface area (Å²) in [7, 11) is 0. The third-order valence-corrected chi connectivity index (χ3v) is 3.80. The summed E-state index contributed by atoms with van der Waals surface area (Å²) in [6.07, 6.45) is 2.62. The molecule has 1 aromatic heterocycles. The van der Waals surface area contributed by atoms with Crippen molar-refractivity contribution in [1.29, 1.82) is 0 Å². The predicted octanol–water partition coefficient (Wildman–Crippen LogP) is 3.41. The molecular formula is C13H15N3S. The van der Waals surface area contributed by atoms with Crippen molar-refractivity contribution >= 4 is 16.7 Å². The molecule has 1 aromatic carbocycles. The monoisotopic (exact) mass is 245 g/mol. The van der Waals surface area contributed by atoms with E-state index in [2.05, 4.69) is 45.0 Å². The fraction of sp³-hybridized carbons (Fsp3) is 0.385. The van der Waals surface area contributed by atoms with Crippen molar-refractivity contribution in [2.45, 2.75) is 25.8 Å². The van der Waals surface area contributed by atoms with Crippen LogP contribution in [0.1, 0.15) is 30.3 Å².